The monoisotopic (exact) mass is 354 g/mol. The van der Waals surface area contributed by atoms with Gasteiger partial charge in [0, 0.05) is 12.1 Å². The molecular formula is C18H14N2O4S. The van der Waals surface area contributed by atoms with Crippen LogP contribution in [0.15, 0.2) is 47.4 Å². The summed E-state index contributed by atoms with van der Waals surface area (Å²) in [5, 5.41) is 10.3. The van der Waals surface area contributed by atoms with Crippen molar-refractivity contribution in [3.05, 3.63) is 74.2 Å². The van der Waals surface area contributed by atoms with E-state index >= 15 is 0 Å². The lowest BCUT2D eigenvalue weighted by atomic mass is 10.1. The largest absolute Gasteiger partial charge is 0.298 e. The number of amides is 2. The zero-order chi connectivity index (χ0) is 18.1. The Morgan fingerprint density at radius 2 is 1.76 bits per heavy atom. The number of aryl methyl sites for hydroxylation is 2. The number of carbonyl (C=O) groups excluding carboxylic acids is 2. The standard InChI is InChI=1S/C18H14N2O4S/c1-11-3-8-15(12(2)9-11)19-17(21)16(25-18(19)22)10-13-4-6-14(7-5-13)20(23)24/h3-10H,1-2H3/b16-10-. The Morgan fingerprint density at radius 3 is 2.36 bits per heavy atom. The Hall–Kier alpha value is -2.93. The number of hydrogen-bond donors (Lipinski definition) is 0. The SMILES string of the molecule is Cc1ccc(N2C(=O)S/C(=C\c3ccc([N+](=O)[O-])cc3)C2=O)c(C)c1. The van der Waals surface area contributed by atoms with Crippen molar-refractivity contribution in [3.63, 3.8) is 0 Å². The van der Waals surface area contributed by atoms with Crippen LogP contribution >= 0.6 is 11.8 Å². The van der Waals surface area contributed by atoms with Gasteiger partial charge in [-0.2, -0.15) is 0 Å². The van der Waals surface area contributed by atoms with Crippen LogP contribution in [0.1, 0.15) is 16.7 Å². The molecule has 7 heteroatoms. The molecule has 1 aliphatic heterocycles. The molecule has 0 bridgehead atoms. The highest BCUT2D eigenvalue weighted by atomic mass is 32.2. The third kappa shape index (κ3) is 3.32. The van der Waals surface area contributed by atoms with E-state index in [0.717, 1.165) is 27.8 Å². The molecule has 6 nitrogen and oxygen atoms in total. The molecule has 1 saturated heterocycles. The maximum atomic E-state index is 12.6. The summed E-state index contributed by atoms with van der Waals surface area (Å²) in [6, 6.07) is 11.3. The van der Waals surface area contributed by atoms with Gasteiger partial charge >= 0.3 is 0 Å². The quantitative estimate of drug-likeness (QED) is 0.462. The second-order valence-electron chi connectivity index (χ2n) is 5.66. The van der Waals surface area contributed by atoms with Gasteiger partial charge in [-0.05, 0) is 61.0 Å². The molecule has 1 heterocycles. The zero-order valence-electron chi connectivity index (χ0n) is 13.6. The van der Waals surface area contributed by atoms with Crippen molar-refractivity contribution in [1.29, 1.82) is 0 Å². The Morgan fingerprint density at radius 1 is 1.08 bits per heavy atom. The molecule has 0 aliphatic carbocycles. The summed E-state index contributed by atoms with van der Waals surface area (Å²) in [6.07, 6.45) is 1.57. The van der Waals surface area contributed by atoms with E-state index < -0.39 is 4.92 Å². The average molecular weight is 354 g/mol. The average Bonchev–Trinajstić information content (AvgIpc) is 2.82. The van der Waals surface area contributed by atoms with Gasteiger partial charge < -0.3 is 0 Å². The number of rotatable bonds is 3. The second kappa shape index (κ2) is 6.52. The van der Waals surface area contributed by atoms with Gasteiger partial charge in [-0.25, -0.2) is 4.90 Å². The van der Waals surface area contributed by atoms with Crippen LogP contribution in [0.3, 0.4) is 0 Å². The third-order valence-electron chi connectivity index (χ3n) is 3.79. The molecular weight excluding hydrogens is 340 g/mol. The fraction of sp³-hybridized carbons (Fsp3) is 0.111. The van der Waals surface area contributed by atoms with Crippen LogP contribution in [-0.2, 0) is 4.79 Å². The van der Waals surface area contributed by atoms with E-state index in [9.17, 15) is 19.7 Å². The molecule has 0 radical (unpaired) electrons. The Labute approximate surface area is 148 Å². The van der Waals surface area contributed by atoms with Crippen molar-refractivity contribution >= 4 is 40.4 Å². The van der Waals surface area contributed by atoms with E-state index in [-0.39, 0.29) is 16.8 Å². The molecule has 126 valence electrons. The first kappa shape index (κ1) is 16.9. The van der Waals surface area contributed by atoms with Crippen molar-refractivity contribution in [2.75, 3.05) is 4.90 Å². The number of nitro benzene ring substituents is 1. The van der Waals surface area contributed by atoms with Crippen molar-refractivity contribution < 1.29 is 14.5 Å². The van der Waals surface area contributed by atoms with Crippen LogP contribution in [0, 0.1) is 24.0 Å². The van der Waals surface area contributed by atoms with E-state index in [4.69, 9.17) is 0 Å². The molecule has 0 saturated carbocycles. The molecule has 2 amide bonds. The predicted octanol–water partition coefficient (Wildman–Crippen LogP) is 4.45. The highest BCUT2D eigenvalue weighted by Crippen LogP contribution is 2.37. The predicted molar refractivity (Wildman–Crippen MR) is 97.5 cm³/mol. The van der Waals surface area contributed by atoms with Crippen molar-refractivity contribution in [3.8, 4) is 0 Å². The van der Waals surface area contributed by atoms with Crippen molar-refractivity contribution in [2.45, 2.75) is 13.8 Å². The minimum absolute atomic E-state index is 0.0273. The minimum atomic E-state index is -0.488. The molecule has 0 aromatic heterocycles. The van der Waals surface area contributed by atoms with Crippen LogP contribution in [0.5, 0.6) is 0 Å². The fourth-order valence-corrected chi connectivity index (χ4v) is 3.41. The summed E-state index contributed by atoms with van der Waals surface area (Å²) >= 11 is 0.860. The first-order chi connectivity index (χ1) is 11.9. The van der Waals surface area contributed by atoms with Crippen LogP contribution in [0.2, 0.25) is 0 Å². The number of benzene rings is 2. The number of non-ortho nitro benzene ring substituents is 1. The van der Waals surface area contributed by atoms with Gasteiger partial charge in [0.15, 0.2) is 0 Å². The molecule has 0 atom stereocenters. The lowest BCUT2D eigenvalue weighted by Gasteiger charge is -2.15. The molecule has 0 unspecified atom stereocenters. The normalized spacial score (nSPS) is 15.9. The molecule has 1 aliphatic rings. The van der Waals surface area contributed by atoms with Gasteiger partial charge in [0.25, 0.3) is 16.8 Å². The first-order valence-corrected chi connectivity index (χ1v) is 8.28. The number of thioether (sulfide) groups is 1. The van der Waals surface area contributed by atoms with E-state index in [1.165, 1.54) is 12.1 Å². The Balaban J connectivity index is 1.91. The topological polar surface area (TPSA) is 80.5 Å². The lowest BCUT2D eigenvalue weighted by Crippen LogP contribution is -2.28. The van der Waals surface area contributed by atoms with Crippen LogP contribution in [0.25, 0.3) is 6.08 Å². The maximum Gasteiger partial charge on any atom is 0.298 e. The summed E-state index contributed by atoms with van der Waals surface area (Å²) in [7, 11) is 0. The van der Waals surface area contributed by atoms with Gasteiger partial charge in [-0.3, -0.25) is 19.7 Å². The molecule has 2 aromatic rings. The smallest absolute Gasteiger partial charge is 0.268 e. The Bertz CT molecular complexity index is 919. The molecule has 0 N–H and O–H groups in total. The molecule has 3 rings (SSSR count). The fourth-order valence-electron chi connectivity index (χ4n) is 2.58. The first-order valence-electron chi connectivity index (χ1n) is 7.46. The highest BCUT2D eigenvalue weighted by molar-refractivity contribution is 8.19. The minimum Gasteiger partial charge on any atom is -0.268 e. The number of nitro groups is 1. The summed E-state index contributed by atoms with van der Waals surface area (Å²) in [6.45, 7) is 3.80. The zero-order valence-corrected chi connectivity index (χ0v) is 14.4. The lowest BCUT2D eigenvalue weighted by molar-refractivity contribution is -0.384. The van der Waals surface area contributed by atoms with Crippen LogP contribution in [0.4, 0.5) is 16.2 Å². The van der Waals surface area contributed by atoms with E-state index in [1.54, 1.807) is 24.3 Å². The molecule has 25 heavy (non-hydrogen) atoms. The number of anilines is 1. The van der Waals surface area contributed by atoms with Gasteiger partial charge in [0.1, 0.15) is 0 Å². The highest BCUT2D eigenvalue weighted by Gasteiger charge is 2.36. The summed E-state index contributed by atoms with van der Waals surface area (Å²) < 4.78 is 0. The Kier molecular flexibility index (Phi) is 4.41. The van der Waals surface area contributed by atoms with Gasteiger partial charge in [0.2, 0.25) is 0 Å². The van der Waals surface area contributed by atoms with Crippen molar-refractivity contribution in [2.24, 2.45) is 0 Å². The van der Waals surface area contributed by atoms with Gasteiger partial charge in [-0.15, -0.1) is 0 Å². The number of carbonyl (C=O) groups is 2. The van der Waals surface area contributed by atoms with Crippen LogP contribution < -0.4 is 4.90 Å². The maximum absolute atomic E-state index is 12.6. The second-order valence-corrected chi connectivity index (χ2v) is 6.65. The number of nitrogens with zero attached hydrogens (tertiary/aromatic N) is 2. The van der Waals surface area contributed by atoms with Gasteiger partial charge in [0.05, 0.1) is 15.5 Å². The van der Waals surface area contributed by atoms with E-state index in [2.05, 4.69) is 0 Å². The van der Waals surface area contributed by atoms with Crippen molar-refractivity contribution in [1.82, 2.24) is 0 Å². The summed E-state index contributed by atoms with van der Waals surface area (Å²) in [5.74, 6) is -0.389. The molecule has 2 aromatic carbocycles. The third-order valence-corrected chi connectivity index (χ3v) is 4.66. The molecule has 0 spiro atoms. The van der Waals surface area contributed by atoms with Gasteiger partial charge in [-0.1, -0.05) is 17.7 Å². The van der Waals surface area contributed by atoms with E-state index in [0.29, 0.717) is 16.2 Å². The summed E-state index contributed by atoms with van der Waals surface area (Å²) in [4.78, 5) is 36.6. The van der Waals surface area contributed by atoms with E-state index in [1.807, 2.05) is 26.0 Å². The molecule has 1 fully saturated rings. The number of hydrogen-bond acceptors (Lipinski definition) is 5. The van der Waals surface area contributed by atoms with Crippen LogP contribution in [-0.4, -0.2) is 16.1 Å². The summed E-state index contributed by atoms with van der Waals surface area (Å²) in [5.41, 5.74) is 3.06. The number of imide groups is 1.